The van der Waals surface area contributed by atoms with Gasteiger partial charge in [-0.25, -0.2) is 0 Å². The zero-order valence-corrected chi connectivity index (χ0v) is 11.8. The topological polar surface area (TPSA) is 32.3 Å². The molecule has 1 saturated carbocycles. The zero-order valence-electron chi connectivity index (χ0n) is 11.8. The maximum atomic E-state index is 12.2. The van der Waals surface area contributed by atoms with Gasteiger partial charge in [0.1, 0.15) is 0 Å². The number of hydrogen-bond donors (Lipinski definition) is 1. The normalized spacial score (nSPS) is 14.2. The van der Waals surface area contributed by atoms with Crippen LogP contribution in [0.1, 0.15) is 19.8 Å². The number of carbonyl (C=O) groups is 1. The first-order valence-electron chi connectivity index (χ1n) is 7.30. The number of fused-ring (bicyclic) bond motifs is 1. The molecule has 0 radical (unpaired) electrons. The van der Waals surface area contributed by atoms with Crippen molar-refractivity contribution < 1.29 is 4.79 Å². The first-order chi connectivity index (χ1) is 9.78. The van der Waals surface area contributed by atoms with Gasteiger partial charge < -0.3 is 10.2 Å². The predicted octanol–water partition coefficient (Wildman–Crippen LogP) is 3.26. The fraction of sp³-hybridized carbons (Fsp3) is 0.353. The molecule has 0 unspecified atom stereocenters. The third-order valence-electron chi connectivity index (χ3n) is 3.84. The van der Waals surface area contributed by atoms with Crippen molar-refractivity contribution in [1.82, 2.24) is 4.90 Å². The molecule has 1 N–H and O–H groups in total. The monoisotopic (exact) mass is 268 g/mol. The van der Waals surface area contributed by atoms with Crippen LogP contribution in [0.3, 0.4) is 0 Å². The molecular weight excluding hydrogens is 248 g/mol. The molecule has 2 aromatic carbocycles. The van der Waals surface area contributed by atoms with Crippen LogP contribution in [0.4, 0.5) is 5.69 Å². The van der Waals surface area contributed by atoms with Crippen molar-refractivity contribution in [2.45, 2.75) is 25.8 Å². The van der Waals surface area contributed by atoms with Crippen LogP contribution in [0.2, 0.25) is 0 Å². The molecule has 3 nitrogen and oxygen atoms in total. The summed E-state index contributed by atoms with van der Waals surface area (Å²) >= 11 is 0. The van der Waals surface area contributed by atoms with Crippen LogP contribution >= 0.6 is 0 Å². The maximum absolute atomic E-state index is 12.2. The van der Waals surface area contributed by atoms with Crippen molar-refractivity contribution in [3.8, 4) is 0 Å². The van der Waals surface area contributed by atoms with Crippen LogP contribution in [0, 0.1) is 0 Å². The van der Waals surface area contributed by atoms with Crippen LogP contribution in [0.5, 0.6) is 0 Å². The van der Waals surface area contributed by atoms with Crippen molar-refractivity contribution in [3.05, 3.63) is 42.5 Å². The van der Waals surface area contributed by atoms with E-state index >= 15 is 0 Å². The molecule has 20 heavy (non-hydrogen) atoms. The molecule has 1 amide bonds. The Labute approximate surface area is 119 Å². The summed E-state index contributed by atoms with van der Waals surface area (Å²) < 4.78 is 0. The van der Waals surface area contributed by atoms with E-state index < -0.39 is 0 Å². The van der Waals surface area contributed by atoms with Gasteiger partial charge in [-0.2, -0.15) is 0 Å². The Morgan fingerprint density at radius 1 is 1.20 bits per heavy atom. The molecule has 1 fully saturated rings. The van der Waals surface area contributed by atoms with Crippen molar-refractivity contribution in [2.24, 2.45) is 0 Å². The fourth-order valence-corrected chi connectivity index (χ4v) is 2.60. The minimum Gasteiger partial charge on any atom is -0.376 e. The summed E-state index contributed by atoms with van der Waals surface area (Å²) in [5.74, 6) is 0.197. The van der Waals surface area contributed by atoms with Gasteiger partial charge in [0, 0.05) is 18.3 Å². The average molecular weight is 268 g/mol. The zero-order chi connectivity index (χ0) is 13.9. The summed E-state index contributed by atoms with van der Waals surface area (Å²) in [6.45, 7) is 3.23. The largest absolute Gasteiger partial charge is 0.376 e. The fourth-order valence-electron chi connectivity index (χ4n) is 2.60. The molecule has 0 bridgehead atoms. The summed E-state index contributed by atoms with van der Waals surface area (Å²) in [6, 6.07) is 14.9. The van der Waals surface area contributed by atoms with Gasteiger partial charge in [0.25, 0.3) is 0 Å². The van der Waals surface area contributed by atoms with E-state index in [1.807, 2.05) is 30.0 Å². The molecule has 0 atom stereocenters. The number of nitrogens with one attached hydrogen (secondary N) is 1. The Kier molecular flexibility index (Phi) is 3.59. The number of hydrogen-bond acceptors (Lipinski definition) is 2. The van der Waals surface area contributed by atoms with Gasteiger partial charge in [-0.3, -0.25) is 4.79 Å². The summed E-state index contributed by atoms with van der Waals surface area (Å²) in [7, 11) is 0. The van der Waals surface area contributed by atoms with E-state index in [9.17, 15) is 4.79 Å². The highest BCUT2D eigenvalue weighted by Gasteiger charge is 2.30. The van der Waals surface area contributed by atoms with Gasteiger partial charge in [-0.1, -0.05) is 30.3 Å². The quantitative estimate of drug-likeness (QED) is 0.902. The lowest BCUT2D eigenvalue weighted by Crippen LogP contribution is -2.37. The number of nitrogens with zero attached hydrogens (tertiary/aromatic N) is 1. The minimum atomic E-state index is 0.197. The molecule has 0 aromatic heterocycles. The third-order valence-corrected chi connectivity index (χ3v) is 3.84. The first-order valence-corrected chi connectivity index (χ1v) is 7.30. The first kappa shape index (κ1) is 13.0. The van der Waals surface area contributed by atoms with E-state index in [0.29, 0.717) is 12.6 Å². The molecule has 0 saturated heterocycles. The molecule has 0 aliphatic heterocycles. The van der Waals surface area contributed by atoms with E-state index in [1.54, 1.807) is 0 Å². The van der Waals surface area contributed by atoms with Gasteiger partial charge in [0.05, 0.1) is 6.54 Å². The highest BCUT2D eigenvalue weighted by atomic mass is 16.2. The highest BCUT2D eigenvalue weighted by molar-refractivity contribution is 5.87. The summed E-state index contributed by atoms with van der Waals surface area (Å²) in [5, 5.41) is 5.66. The lowest BCUT2D eigenvalue weighted by Gasteiger charge is -2.20. The van der Waals surface area contributed by atoms with Crippen molar-refractivity contribution >= 4 is 22.4 Å². The Morgan fingerprint density at radius 2 is 1.95 bits per heavy atom. The van der Waals surface area contributed by atoms with Crippen molar-refractivity contribution in [2.75, 3.05) is 18.4 Å². The van der Waals surface area contributed by atoms with E-state index in [4.69, 9.17) is 0 Å². The SMILES string of the molecule is CCN(C(=O)CNc1ccc2ccccc2c1)C1CC1. The minimum absolute atomic E-state index is 0.197. The van der Waals surface area contributed by atoms with Gasteiger partial charge in [-0.05, 0) is 42.7 Å². The lowest BCUT2D eigenvalue weighted by atomic mass is 10.1. The Morgan fingerprint density at radius 3 is 2.65 bits per heavy atom. The Bertz CT molecular complexity index is 619. The second-order valence-corrected chi connectivity index (χ2v) is 5.33. The number of anilines is 1. The van der Waals surface area contributed by atoms with Gasteiger partial charge in [0.15, 0.2) is 0 Å². The van der Waals surface area contributed by atoms with Crippen LogP contribution in [-0.2, 0) is 4.79 Å². The van der Waals surface area contributed by atoms with Crippen molar-refractivity contribution in [3.63, 3.8) is 0 Å². The van der Waals surface area contributed by atoms with Crippen LogP contribution in [0.25, 0.3) is 10.8 Å². The molecule has 1 aliphatic carbocycles. The second kappa shape index (κ2) is 5.53. The summed E-state index contributed by atoms with van der Waals surface area (Å²) in [5.41, 5.74) is 1.00. The molecule has 1 aliphatic rings. The number of rotatable bonds is 5. The number of amides is 1. The summed E-state index contributed by atoms with van der Waals surface area (Å²) in [6.07, 6.45) is 2.32. The molecule has 3 rings (SSSR count). The number of likely N-dealkylation sites (N-methyl/N-ethyl adjacent to an activating group) is 1. The standard InChI is InChI=1S/C17H20N2O/c1-2-19(16-9-10-16)17(20)12-18-15-8-7-13-5-3-4-6-14(13)11-15/h3-8,11,16,18H,2,9-10,12H2,1H3. The van der Waals surface area contributed by atoms with E-state index in [2.05, 4.69) is 29.6 Å². The Hall–Kier alpha value is -2.03. The second-order valence-electron chi connectivity index (χ2n) is 5.33. The van der Waals surface area contributed by atoms with Gasteiger partial charge in [0.2, 0.25) is 5.91 Å². The highest BCUT2D eigenvalue weighted by Crippen LogP contribution is 2.26. The maximum Gasteiger partial charge on any atom is 0.242 e. The predicted molar refractivity (Wildman–Crippen MR) is 82.8 cm³/mol. The third kappa shape index (κ3) is 2.77. The van der Waals surface area contributed by atoms with Crippen LogP contribution in [0.15, 0.2) is 42.5 Å². The van der Waals surface area contributed by atoms with E-state index in [-0.39, 0.29) is 5.91 Å². The molecule has 3 heteroatoms. The molecule has 0 heterocycles. The molecule has 2 aromatic rings. The van der Waals surface area contributed by atoms with E-state index in [0.717, 1.165) is 25.1 Å². The average Bonchev–Trinajstić information content (AvgIpc) is 3.30. The molecule has 0 spiro atoms. The van der Waals surface area contributed by atoms with Gasteiger partial charge >= 0.3 is 0 Å². The lowest BCUT2D eigenvalue weighted by molar-refractivity contribution is -0.129. The number of carbonyl (C=O) groups excluding carboxylic acids is 1. The van der Waals surface area contributed by atoms with Crippen LogP contribution < -0.4 is 5.32 Å². The molecular formula is C17H20N2O. The number of benzene rings is 2. The van der Waals surface area contributed by atoms with Crippen molar-refractivity contribution in [1.29, 1.82) is 0 Å². The summed E-state index contributed by atoms with van der Waals surface area (Å²) in [4.78, 5) is 14.1. The molecule has 104 valence electrons. The van der Waals surface area contributed by atoms with E-state index in [1.165, 1.54) is 10.8 Å². The van der Waals surface area contributed by atoms with Crippen LogP contribution in [-0.4, -0.2) is 29.9 Å². The van der Waals surface area contributed by atoms with Gasteiger partial charge in [-0.15, -0.1) is 0 Å². The smallest absolute Gasteiger partial charge is 0.242 e. The Balaban J connectivity index is 1.65.